The number of anilines is 1. The van der Waals surface area contributed by atoms with E-state index in [1.54, 1.807) is 24.5 Å². The number of rotatable bonds is 8. The van der Waals surface area contributed by atoms with E-state index in [1.165, 1.54) is 12.1 Å². The van der Waals surface area contributed by atoms with E-state index in [0.29, 0.717) is 23.9 Å². The lowest BCUT2D eigenvalue weighted by atomic mass is 10.0. The molecule has 9 heteroatoms. The fourth-order valence-electron chi connectivity index (χ4n) is 4.47. The van der Waals surface area contributed by atoms with Crippen LogP contribution >= 0.6 is 12.2 Å². The zero-order chi connectivity index (χ0) is 24.9. The summed E-state index contributed by atoms with van der Waals surface area (Å²) in [6, 6.07) is 19.3. The lowest BCUT2D eigenvalue weighted by molar-refractivity contribution is -0.116. The molecule has 182 valence electrons. The minimum Gasteiger partial charge on any atom is -0.352 e. The monoisotopic (exact) mass is 500 g/mol. The Labute approximate surface area is 214 Å². The Hall–Kier alpha value is -4.11. The third-order valence-electron chi connectivity index (χ3n) is 6.15. The molecule has 0 saturated carbocycles. The number of carbonyl (C=O) groups is 1. The van der Waals surface area contributed by atoms with Gasteiger partial charge in [-0.25, -0.2) is 4.39 Å². The number of aromatic nitrogens is 3. The summed E-state index contributed by atoms with van der Waals surface area (Å²) in [5.41, 5.74) is 3.57. The molecule has 2 unspecified atom stereocenters. The van der Waals surface area contributed by atoms with E-state index < -0.39 is 0 Å². The molecule has 1 aliphatic rings. The third-order valence-corrected chi connectivity index (χ3v) is 6.50. The Morgan fingerprint density at radius 1 is 1.06 bits per heavy atom. The predicted octanol–water partition coefficient (Wildman–Crippen LogP) is 4.47. The Balaban J connectivity index is 1.39. The predicted molar refractivity (Wildman–Crippen MR) is 140 cm³/mol. The van der Waals surface area contributed by atoms with Gasteiger partial charge in [-0.2, -0.15) is 0 Å². The van der Waals surface area contributed by atoms with Gasteiger partial charge in [-0.15, -0.1) is 0 Å². The average molecular weight is 501 g/mol. The number of benzene rings is 1. The standard InChI is InChI=1S/C27H25FN6OS/c28-20-8-10-21(11-9-20)31-24(35)12-16-34-26(25(32-27(34)36)22-6-1-2-14-30-22)23-7-4-15-33(23)18-19-5-3-13-29-17-19/h1-11,13-15,17,25-26H,12,16,18H2,(H,31,35)(H,32,36). The third kappa shape index (κ3) is 5.26. The maximum Gasteiger partial charge on any atom is 0.226 e. The smallest absolute Gasteiger partial charge is 0.226 e. The summed E-state index contributed by atoms with van der Waals surface area (Å²) in [5.74, 6) is -0.519. The van der Waals surface area contributed by atoms with Crippen LogP contribution < -0.4 is 10.6 Å². The lowest BCUT2D eigenvalue weighted by Crippen LogP contribution is -2.33. The van der Waals surface area contributed by atoms with Crippen molar-refractivity contribution in [1.82, 2.24) is 24.8 Å². The largest absolute Gasteiger partial charge is 0.352 e. The zero-order valence-corrected chi connectivity index (χ0v) is 20.2. The highest BCUT2D eigenvalue weighted by molar-refractivity contribution is 7.80. The Morgan fingerprint density at radius 2 is 1.92 bits per heavy atom. The molecule has 36 heavy (non-hydrogen) atoms. The lowest BCUT2D eigenvalue weighted by Gasteiger charge is -2.29. The first-order chi connectivity index (χ1) is 17.6. The van der Waals surface area contributed by atoms with Gasteiger partial charge in [-0.3, -0.25) is 14.8 Å². The number of hydrogen-bond acceptors (Lipinski definition) is 4. The van der Waals surface area contributed by atoms with E-state index >= 15 is 0 Å². The second-order valence-electron chi connectivity index (χ2n) is 8.55. The minimum atomic E-state index is -0.348. The zero-order valence-electron chi connectivity index (χ0n) is 19.4. The molecule has 1 aliphatic heterocycles. The molecule has 1 aromatic carbocycles. The SMILES string of the molecule is O=C(CCN1C(=S)NC(c2ccccn2)C1c1cccn1Cc1cccnc1)Nc1ccc(F)cc1. The average Bonchev–Trinajstić information content (AvgIpc) is 3.48. The van der Waals surface area contributed by atoms with Crippen LogP contribution in [0.2, 0.25) is 0 Å². The van der Waals surface area contributed by atoms with Crippen molar-refractivity contribution in [1.29, 1.82) is 0 Å². The summed E-state index contributed by atoms with van der Waals surface area (Å²) >= 11 is 5.73. The quantitative estimate of drug-likeness (QED) is 0.348. The number of hydrogen-bond donors (Lipinski definition) is 2. The molecule has 3 aromatic heterocycles. The van der Waals surface area contributed by atoms with Crippen LogP contribution in [-0.4, -0.2) is 37.0 Å². The molecule has 4 heterocycles. The fraction of sp³-hybridized carbons (Fsp3) is 0.185. The van der Waals surface area contributed by atoms with Crippen molar-refractivity contribution >= 4 is 28.9 Å². The van der Waals surface area contributed by atoms with Gasteiger partial charge >= 0.3 is 0 Å². The van der Waals surface area contributed by atoms with Gasteiger partial charge in [0.25, 0.3) is 0 Å². The Morgan fingerprint density at radius 3 is 2.67 bits per heavy atom. The van der Waals surface area contributed by atoms with Gasteiger partial charge in [-0.05, 0) is 72.4 Å². The van der Waals surface area contributed by atoms with Crippen LogP contribution in [-0.2, 0) is 11.3 Å². The van der Waals surface area contributed by atoms with E-state index in [-0.39, 0.29) is 30.2 Å². The van der Waals surface area contributed by atoms with Gasteiger partial charge < -0.3 is 20.1 Å². The Bertz CT molecular complexity index is 1330. The number of carbonyl (C=O) groups excluding carboxylic acids is 1. The number of halogens is 1. The first-order valence-corrected chi connectivity index (χ1v) is 12.1. The van der Waals surface area contributed by atoms with Gasteiger partial charge in [0, 0.05) is 55.7 Å². The molecular formula is C27H25FN6OS. The van der Waals surface area contributed by atoms with E-state index in [4.69, 9.17) is 12.2 Å². The number of thiocarbonyl (C=S) groups is 1. The highest BCUT2D eigenvalue weighted by atomic mass is 32.1. The molecule has 0 radical (unpaired) electrons. The summed E-state index contributed by atoms with van der Waals surface area (Å²) < 4.78 is 15.4. The van der Waals surface area contributed by atoms with Crippen molar-refractivity contribution < 1.29 is 9.18 Å². The molecule has 0 spiro atoms. The van der Waals surface area contributed by atoms with Crippen molar-refractivity contribution in [3.8, 4) is 0 Å². The van der Waals surface area contributed by atoms with Gasteiger partial charge in [0.05, 0.1) is 17.8 Å². The highest BCUT2D eigenvalue weighted by Gasteiger charge is 2.41. The number of nitrogens with one attached hydrogen (secondary N) is 2. The van der Waals surface area contributed by atoms with Crippen LogP contribution in [0, 0.1) is 5.82 Å². The van der Waals surface area contributed by atoms with Gasteiger partial charge in [0.15, 0.2) is 5.11 Å². The molecule has 2 atom stereocenters. The van der Waals surface area contributed by atoms with Crippen molar-refractivity contribution in [2.24, 2.45) is 0 Å². The molecule has 2 N–H and O–H groups in total. The maximum atomic E-state index is 13.2. The van der Waals surface area contributed by atoms with E-state index in [0.717, 1.165) is 17.0 Å². The molecule has 1 fully saturated rings. The summed E-state index contributed by atoms with van der Waals surface area (Å²) in [4.78, 5) is 23.6. The molecule has 4 aromatic rings. The van der Waals surface area contributed by atoms with Crippen LogP contribution in [0.1, 0.15) is 35.5 Å². The summed E-state index contributed by atoms with van der Waals surface area (Å²) in [6.07, 6.45) is 7.64. The molecule has 7 nitrogen and oxygen atoms in total. The van der Waals surface area contributed by atoms with Crippen molar-refractivity contribution in [3.63, 3.8) is 0 Å². The van der Waals surface area contributed by atoms with E-state index in [9.17, 15) is 9.18 Å². The Kier molecular flexibility index (Phi) is 6.99. The van der Waals surface area contributed by atoms with Crippen molar-refractivity contribution in [2.75, 3.05) is 11.9 Å². The topological polar surface area (TPSA) is 75.1 Å². The van der Waals surface area contributed by atoms with E-state index in [1.807, 2.05) is 53.7 Å². The number of amides is 1. The van der Waals surface area contributed by atoms with Gasteiger partial charge in [0.1, 0.15) is 5.82 Å². The minimum absolute atomic E-state index is 0.169. The summed E-state index contributed by atoms with van der Waals surface area (Å²) in [6.45, 7) is 1.07. The summed E-state index contributed by atoms with van der Waals surface area (Å²) in [5, 5.41) is 6.82. The fourth-order valence-corrected chi connectivity index (χ4v) is 4.81. The number of pyridine rings is 2. The van der Waals surface area contributed by atoms with Gasteiger partial charge in [-0.1, -0.05) is 12.1 Å². The van der Waals surface area contributed by atoms with Crippen molar-refractivity contribution in [2.45, 2.75) is 25.0 Å². The van der Waals surface area contributed by atoms with Crippen LogP contribution in [0.4, 0.5) is 10.1 Å². The molecule has 5 rings (SSSR count). The molecule has 1 saturated heterocycles. The van der Waals surface area contributed by atoms with E-state index in [2.05, 4.69) is 31.2 Å². The normalized spacial score (nSPS) is 17.1. The molecule has 1 amide bonds. The first-order valence-electron chi connectivity index (χ1n) is 11.7. The molecule has 0 bridgehead atoms. The second-order valence-corrected chi connectivity index (χ2v) is 8.93. The first kappa shape index (κ1) is 23.6. The highest BCUT2D eigenvalue weighted by Crippen LogP contribution is 2.39. The molecular weight excluding hydrogens is 475 g/mol. The second kappa shape index (κ2) is 10.7. The number of nitrogens with zero attached hydrogens (tertiary/aromatic N) is 4. The van der Waals surface area contributed by atoms with Crippen molar-refractivity contribution in [3.05, 3.63) is 114 Å². The molecule has 0 aliphatic carbocycles. The van der Waals surface area contributed by atoms with Crippen LogP contribution in [0.5, 0.6) is 0 Å². The summed E-state index contributed by atoms with van der Waals surface area (Å²) in [7, 11) is 0. The van der Waals surface area contributed by atoms with Crippen LogP contribution in [0.25, 0.3) is 0 Å². The maximum absolute atomic E-state index is 13.2. The van der Waals surface area contributed by atoms with Crippen LogP contribution in [0.15, 0.2) is 91.5 Å². The van der Waals surface area contributed by atoms with Crippen LogP contribution in [0.3, 0.4) is 0 Å². The van der Waals surface area contributed by atoms with Gasteiger partial charge in [0.2, 0.25) is 5.91 Å².